The van der Waals surface area contributed by atoms with Gasteiger partial charge in [0, 0.05) is 32.7 Å². The summed E-state index contributed by atoms with van der Waals surface area (Å²) in [6, 6.07) is 15.6. The van der Waals surface area contributed by atoms with E-state index in [0.29, 0.717) is 19.7 Å². The van der Waals surface area contributed by atoms with Crippen LogP contribution in [0.1, 0.15) is 16.7 Å². The number of ether oxygens (including phenoxy) is 1. The second kappa shape index (κ2) is 8.87. The first-order valence-electron chi connectivity index (χ1n) is 9.37. The van der Waals surface area contributed by atoms with Crippen LogP contribution in [0.25, 0.3) is 0 Å². The van der Waals surface area contributed by atoms with Crippen molar-refractivity contribution in [2.24, 2.45) is 0 Å². The van der Waals surface area contributed by atoms with E-state index in [2.05, 4.69) is 24.8 Å². The molecule has 0 aromatic heterocycles. The molecular weight excluding hydrogens is 360 g/mol. The summed E-state index contributed by atoms with van der Waals surface area (Å²) in [4.78, 5) is 2.26. The molecule has 6 heteroatoms. The molecule has 0 unspecified atom stereocenters. The van der Waals surface area contributed by atoms with Crippen molar-refractivity contribution in [3.8, 4) is 5.75 Å². The minimum Gasteiger partial charge on any atom is -0.492 e. The van der Waals surface area contributed by atoms with Crippen molar-refractivity contribution in [1.82, 2.24) is 9.21 Å². The van der Waals surface area contributed by atoms with Crippen LogP contribution >= 0.6 is 0 Å². The highest BCUT2D eigenvalue weighted by molar-refractivity contribution is 7.88. The first-order chi connectivity index (χ1) is 12.9. The van der Waals surface area contributed by atoms with Crippen LogP contribution in [-0.4, -0.2) is 57.0 Å². The molecule has 0 radical (unpaired) electrons. The van der Waals surface area contributed by atoms with E-state index < -0.39 is 10.0 Å². The van der Waals surface area contributed by atoms with Gasteiger partial charge in [-0.25, -0.2) is 8.42 Å². The van der Waals surface area contributed by atoms with Crippen molar-refractivity contribution >= 4 is 10.0 Å². The van der Waals surface area contributed by atoms with Gasteiger partial charge in [-0.1, -0.05) is 36.4 Å². The molecule has 0 saturated carbocycles. The van der Waals surface area contributed by atoms with Gasteiger partial charge in [0.1, 0.15) is 12.4 Å². The number of sulfonamides is 1. The van der Waals surface area contributed by atoms with Crippen LogP contribution in [0, 0.1) is 13.8 Å². The number of hydrogen-bond donors (Lipinski definition) is 0. The van der Waals surface area contributed by atoms with Gasteiger partial charge in [0.15, 0.2) is 0 Å². The van der Waals surface area contributed by atoms with Gasteiger partial charge in [0.05, 0.1) is 5.75 Å². The first-order valence-corrected chi connectivity index (χ1v) is 11.0. The standard InChI is InChI=1S/C21H28N2O3S/c1-18-14-19(2)16-21(15-18)26-13-12-22-8-10-23(11-9-22)27(24,25)17-20-6-4-3-5-7-20/h3-7,14-16H,8-13,17H2,1-2H3. The molecule has 0 N–H and O–H groups in total. The maximum atomic E-state index is 12.6. The molecule has 3 rings (SSSR count). The van der Waals surface area contributed by atoms with Gasteiger partial charge in [-0.3, -0.25) is 4.90 Å². The van der Waals surface area contributed by atoms with Crippen LogP contribution < -0.4 is 4.74 Å². The number of nitrogens with zero attached hydrogens (tertiary/aromatic N) is 2. The van der Waals surface area contributed by atoms with Crippen LogP contribution in [0.5, 0.6) is 5.75 Å². The molecule has 27 heavy (non-hydrogen) atoms. The van der Waals surface area contributed by atoms with Gasteiger partial charge in [0.25, 0.3) is 0 Å². The van der Waals surface area contributed by atoms with Crippen molar-refractivity contribution in [1.29, 1.82) is 0 Å². The third kappa shape index (κ3) is 5.79. The predicted octanol–water partition coefficient (Wildman–Crippen LogP) is 2.83. The van der Waals surface area contributed by atoms with E-state index in [4.69, 9.17) is 4.74 Å². The van der Waals surface area contributed by atoms with Crippen LogP contribution in [0.4, 0.5) is 0 Å². The molecule has 2 aromatic carbocycles. The Hall–Kier alpha value is -1.89. The maximum absolute atomic E-state index is 12.6. The van der Waals surface area contributed by atoms with Gasteiger partial charge in [0.2, 0.25) is 10.0 Å². The first kappa shape index (κ1) is 19.9. The van der Waals surface area contributed by atoms with Gasteiger partial charge in [-0.2, -0.15) is 4.31 Å². The van der Waals surface area contributed by atoms with E-state index in [1.807, 2.05) is 42.5 Å². The SMILES string of the molecule is Cc1cc(C)cc(OCCN2CCN(S(=O)(=O)Cc3ccccc3)CC2)c1. The van der Waals surface area contributed by atoms with E-state index in [1.54, 1.807) is 4.31 Å². The highest BCUT2D eigenvalue weighted by Gasteiger charge is 2.26. The summed E-state index contributed by atoms with van der Waals surface area (Å²) in [6.07, 6.45) is 0. The summed E-state index contributed by atoms with van der Waals surface area (Å²) in [5, 5.41) is 0. The molecule has 1 fully saturated rings. The zero-order valence-corrected chi connectivity index (χ0v) is 16.9. The molecule has 1 aliphatic heterocycles. The van der Waals surface area contributed by atoms with Crippen molar-refractivity contribution in [2.75, 3.05) is 39.3 Å². The summed E-state index contributed by atoms with van der Waals surface area (Å²) in [5.41, 5.74) is 3.23. The summed E-state index contributed by atoms with van der Waals surface area (Å²) < 4.78 is 32.7. The molecule has 5 nitrogen and oxygen atoms in total. The van der Waals surface area contributed by atoms with E-state index >= 15 is 0 Å². The zero-order valence-electron chi connectivity index (χ0n) is 16.1. The Kier molecular flexibility index (Phi) is 6.52. The van der Waals surface area contributed by atoms with E-state index in [-0.39, 0.29) is 5.75 Å². The summed E-state index contributed by atoms with van der Waals surface area (Å²) >= 11 is 0. The summed E-state index contributed by atoms with van der Waals surface area (Å²) in [6.45, 7) is 8.11. The number of rotatable bonds is 7. The number of aryl methyl sites for hydroxylation is 2. The molecule has 1 saturated heterocycles. The maximum Gasteiger partial charge on any atom is 0.218 e. The Balaban J connectivity index is 1.44. The Morgan fingerprint density at radius 3 is 2.19 bits per heavy atom. The highest BCUT2D eigenvalue weighted by Crippen LogP contribution is 2.17. The fourth-order valence-electron chi connectivity index (χ4n) is 3.42. The second-order valence-corrected chi connectivity index (χ2v) is 9.12. The molecule has 1 aliphatic rings. The number of hydrogen-bond acceptors (Lipinski definition) is 4. The molecule has 2 aromatic rings. The van der Waals surface area contributed by atoms with Gasteiger partial charge >= 0.3 is 0 Å². The second-order valence-electron chi connectivity index (χ2n) is 7.15. The molecular formula is C21H28N2O3S. The predicted molar refractivity (Wildman–Crippen MR) is 108 cm³/mol. The molecule has 0 atom stereocenters. The van der Waals surface area contributed by atoms with Crippen molar-refractivity contribution in [3.63, 3.8) is 0 Å². The fourth-order valence-corrected chi connectivity index (χ4v) is 4.93. The van der Waals surface area contributed by atoms with E-state index in [9.17, 15) is 8.42 Å². The minimum atomic E-state index is -3.26. The lowest BCUT2D eigenvalue weighted by Gasteiger charge is -2.33. The largest absolute Gasteiger partial charge is 0.492 e. The lowest BCUT2D eigenvalue weighted by molar-refractivity contribution is 0.158. The van der Waals surface area contributed by atoms with E-state index in [0.717, 1.165) is 30.9 Å². The summed E-state index contributed by atoms with van der Waals surface area (Å²) in [7, 11) is -3.26. The Labute approximate surface area is 162 Å². The topological polar surface area (TPSA) is 49.9 Å². The van der Waals surface area contributed by atoms with Crippen LogP contribution in [0.2, 0.25) is 0 Å². The normalized spacial score (nSPS) is 16.4. The average Bonchev–Trinajstić information content (AvgIpc) is 2.62. The summed E-state index contributed by atoms with van der Waals surface area (Å²) in [5.74, 6) is 0.973. The minimum absolute atomic E-state index is 0.0731. The molecule has 146 valence electrons. The smallest absolute Gasteiger partial charge is 0.218 e. The quantitative estimate of drug-likeness (QED) is 0.732. The fraction of sp³-hybridized carbons (Fsp3) is 0.429. The Morgan fingerprint density at radius 1 is 0.926 bits per heavy atom. The lowest BCUT2D eigenvalue weighted by atomic mass is 10.1. The lowest BCUT2D eigenvalue weighted by Crippen LogP contribution is -2.49. The van der Waals surface area contributed by atoms with Crippen LogP contribution in [0.15, 0.2) is 48.5 Å². The third-order valence-corrected chi connectivity index (χ3v) is 6.64. The van der Waals surface area contributed by atoms with Crippen molar-refractivity contribution in [3.05, 3.63) is 65.2 Å². The average molecular weight is 389 g/mol. The Morgan fingerprint density at radius 2 is 1.56 bits per heavy atom. The molecule has 0 aliphatic carbocycles. The van der Waals surface area contributed by atoms with Crippen LogP contribution in [-0.2, 0) is 15.8 Å². The van der Waals surface area contributed by atoms with Crippen molar-refractivity contribution < 1.29 is 13.2 Å². The molecule has 0 amide bonds. The number of benzene rings is 2. The van der Waals surface area contributed by atoms with E-state index in [1.165, 1.54) is 11.1 Å². The number of piperazine rings is 1. The molecule has 0 spiro atoms. The van der Waals surface area contributed by atoms with Gasteiger partial charge < -0.3 is 4.74 Å². The molecule has 0 bridgehead atoms. The van der Waals surface area contributed by atoms with Gasteiger partial charge in [-0.15, -0.1) is 0 Å². The Bertz CT molecular complexity index is 825. The van der Waals surface area contributed by atoms with Gasteiger partial charge in [-0.05, 0) is 42.7 Å². The van der Waals surface area contributed by atoms with Crippen LogP contribution in [0.3, 0.4) is 0 Å². The third-order valence-electron chi connectivity index (χ3n) is 4.79. The molecule has 1 heterocycles. The highest BCUT2D eigenvalue weighted by atomic mass is 32.2. The van der Waals surface area contributed by atoms with Crippen molar-refractivity contribution in [2.45, 2.75) is 19.6 Å². The zero-order chi connectivity index (χ0) is 19.3. The monoisotopic (exact) mass is 388 g/mol.